The SMILES string of the molecule is O=C(Nc1cc(F)c(=O)n(CCF)c1)C1CCC(Cl)C(Cl)C1. The molecule has 1 aromatic rings. The number of alkyl halides is 3. The molecule has 0 saturated heterocycles. The number of amides is 1. The van der Waals surface area contributed by atoms with Gasteiger partial charge in [-0.15, -0.1) is 23.2 Å². The fourth-order valence-corrected chi connectivity index (χ4v) is 3.06. The van der Waals surface area contributed by atoms with Crippen molar-refractivity contribution in [2.45, 2.75) is 36.6 Å². The van der Waals surface area contributed by atoms with Gasteiger partial charge in [0.15, 0.2) is 5.82 Å². The van der Waals surface area contributed by atoms with Gasteiger partial charge in [-0.05, 0) is 19.3 Å². The second-order valence-corrected chi connectivity index (χ2v) is 6.42. The van der Waals surface area contributed by atoms with Crippen LogP contribution >= 0.6 is 23.2 Å². The van der Waals surface area contributed by atoms with Crippen LogP contribution in [0.2, 0.25) is 0 Å². The lowest BCUT2D eigenvalue weighted by Crippen LogP contribution is -2.34. The van der Waals surface area contributed by atoms with E-state index in [0.29, 0.717) is 19.3 Å². The van der Waals surface area contributed by atoms with E-state index in [1.165, 1.54) is 6.20 Å². The first-order valence-electron chi connectivity index (χ1n) is 6.97. The van der Waals surface area contributed by atoms with E-state index in [0.717, 1.165) is 10.6 Å². The van der Waals surface area contributed by atoms with E-state index >= 15 is 0 Å². The summed E-state index contributed by atoms with van der Waals surface area (Å²) in [4.78, 5) is 23.6. The first-order chi connectivity index (χ1) is 10.4. The average molecular weight is 353 g/mol. The van der Waals surface area contributed by atoms with Crippen LogP contribution in [0, 0.1) is 11.7 Å². The van der Waals surface area contributed by atoms with Crippen LogP contribution < -0.4 is 10.9 Å². The first-order valence-corrected chi connectivity index (χ1v) is 7.84. The third-order valence-electron chi connectivity index (χ3n) is 3.70. The predicted octanol–water partition coefficient (Wildman–Crippen LogP) is 2.91. The predicted molar refractivity (Wildman–Crippen MR) is 81.9 cm³/mol. The largest absolute Gasteiger partial charge is 0.324 e. The van der Waals surface area contributed by atoms with Gasteiger partial charge >= 0.3 is 0 Å². The van der Waals surface area contributed by atoms with Crippen molar-refractivity contribution in [1.82, 2.24) is 4.57 Å². The van der Waals surface area contributed by atoms with Crippen molar-refractivity contribution < 1.29 is 13.6 Å². The number of halogens is 4. The van der Waals surface area contributed by atoms with Gasteiger partial charge in [-0.3, -0.25) is 9.59 Å². The van der Waals surface area contributed by atoms with Gasteiger partial charge in [-0.1, -0.05) is 0 Å². The fraction of sp³-hybridized carbons (Fsp3) is 0.571. The van der Waals surface area contributed by atoms with Crippen LogP contribution in [-0.2, 0) is 11.3 Å². The summed E-state index contributed by atoms with van der Waals surface area (Å²) in [6, 6.07) is 0.931. The maximum atomic E-state index is 13.5. The number of carbonyl (C=O) groups is 1. The van der Waals surface area contributed by atoms with Crippen LogP contribution in [0.3, 0.4) is 0 Å². The minimum atomic E-state index is -1.04. The molecule has 2 rings (SSSR count). The molecule has 1 saturated carbocycles. The molecule has 3 unspecified atom stereocenters. The molecule has 1 fully saturated rings. The number of rotatable bonds is 4. The minimum Gasteiger partial charge on any atom is -0.324 e. The summed E-state index contributed by atoms with van der Waals surface area (Å²) in [6.07, 6.45) is 2.89. The quantitative estimate of drug-likeness (QED) is 0.847. The summed E-state index contributed by atoms with van der Waals surface area (Å²) in [7, 11) is 0. The number of nitrogens with zero attached hydrogens (tertiary/aromatic N) is 1. The molecule has 122 valence electrons. The number of pyridine rings is 1. The summed E-state index contributed by atoms with van der Waals surface area (Å²) in [5.74, 6) is -1.66. The molecule has 1 aliphatic rings. The standard InChI is InChI=1S/C14H16Cl2F2N2O2/c15-10-2-1-8(5-11(10)16)13(21)19-9-6-12(18)14(22)20(7-9)4-3-17/h6-8,10-11H,1-5H2,(H,19,21). The van der Waals surface area contributed by atoms with Crippen LogP contribution in [0.1, 0.15) is 19.3 Å². The molecule has 8 heteroatoms. The Kier molecular flexibility index (Phi) is 5.81. The van der Waals surface area contributed by atoms with E-state index in [-0.39, 0.29) is 34.8 Å². The minimum absolute atomic E-state index is 0.120. The molecule has 4 nitrogen and oxygen atoms in total. The highest BCUT2D eigenvalue weighted by Crippen LogP contribution is 2.32. The molecule has 0 spiro atoms. The Morgan fingerprint density at radius 1 is 1.36 bits per heavy atom. The molecule has 1 aliphatic carbocycles. The number of carbonyl (C=O) groups excluding carboxylic acids is 1. The lowest BCUT2D eigenvalue weighted by molar-refractivity contribution is -0.120. The molecular weight excluding hydrogens is 337 g/mol. The van der Waals surface area contributed by atoms with E-state index < -0.39 is 18.1 Å². The van der Waals surface area contributed by atoms with Crippen molar-refractivity contribution >= 4 is 34.8 Å². The molecule has 0 aliphatic heterocycles. The molecule has 0 radical (unpaired) electrons. The Bertz CT molecular complexity index is 609. The van der Waals surface area contributed by atoms with Crippen molar-refractivity contribution in [1.29, 1.82) is 0 Å². The highest BCUT2D eigenvalue weighted by molar-refractivity contribution is 6.30. The lowest BCUT2D eigenvalue weighted by atomic mass is 9.88. The first kappa shape index (κ1) is 17.2. The molecule has 22 heavy (non-hydrogen) atoms. The van der Waals surface area contributed by atoms with Crippen LogP contribution in [-0.4, -0.2) is 27.9 Å². The zero-order valence-corrected chi connectivity index (χ0v) is 13.2. The zero-order valence-electron chi connectivity index (χ0n) is 11.7. The van der Waals surface area contributed by atoms with Gasteiger partial charge in [0.1, 0.15) is 6.67 Å². The second-order valence-electron chi connectivity index (χ2n) is 5.30. The maximum absolute atomic E-state index is 13.5. The Morgan fingerprint density at radius 2 is 2.09 bits per heavy atom. The van der Waals surface area contributed by atoms with Crippen LogP contribution in [0.15, 0.2) is 17.1 Å². The summed E-state index contributed by atoms with van der Waals surface area (Å²) < 4.78 is 26.8. The van der Waals surface area contributed by atoms with Crippen molar-refractivity contribution in [3.63, 3.8) is 0 Å². The number of nitrogens with one attached hydrogen (secondary N) is 1. The summed E-state index contributed by atoms with van der Waals surface area (Å²) in [5.41, 5.74) is -0.797. The smallest absolute Gasteiger partial charge is 0.286 e. The molecule has 1 N–H and O–H groups in total. The number of hydrogen-bond donors (Lipinski definition) is 1. The maximum Gasteiger partial charge on any atom is 0.286 e. The Morgan fingerprint density at radius 3 is 2.73 bits per heavy atom. The number of aryl methyl sites for hydroxylation is 1. The van der Waals surface area contributed by atoms with Crippen LogP contribution in [0.4, 0.5) is 14.5 Å². The highest BCUT2D eigenvalue weighted by atomic mass is 35.5. The van der Waals surface area contributed by atoms with Gasteiger partial charge in [0.25, 0.3) is 5.56 Å². The van der Waals surface area contributed by atoms with Gasteiger partial charge in [-0.2, -0.15) is 0 Å². The van der Waals surface area contributed by atoms with Crippen molar-refractivity contribution in [3.8, 4) is 0 Å². The van der Waals surface area contributed by atoms with Crippen LogP contribution in [0.5, 0.6) is 0 Å². The summed E-state index contributed by atoms with van der Waals surface area (Å²) in [5, 5.41) is 2.10. The van der Waals surface area contributed by atoms with Crippen molar-refractivity contribution in [2.24, 2.45) is 5.92 Å². The van der Waals surface area contributed by atoms with Crippen molar-refractivity contribution in [3.05, 3.63) is 28.4 Å². The van der Waals surface area contributed by atoms with E-state index in [9.17, 15) is 18.4 Å². The number of hydrogen-bond acceptors (Lipinski definition) is 2. The molecule has 0 bridgehead atoms. The van der Waals surface area contributed by atoms with E-state index in [1.807, 2.05) is 0 Å². The molecule has 1 heterocycles. The van der Waals surface area contributed by atoms with Gasteiger partial charge in [0, 0.05) is 23.6 Å². The number of anilines is 1. The van der Waals surface area contributed by atoms with Crippen LogP contribution in [0.25, 0.3) is 0 Å². The van der Waals surface area contributed by atoms with Gasteiger partial charge in [-0.25, -0.2) is 8.78 Å². The zero-order chi connectivity index (χ0) is 16.3. The highest BCUT2D eigenvalue weighted by Gasteiger charge is 2.31. The lowest BCUT2D eigenvalue weighted by Gasteiger charge is -2.28. The van der Waals surface area contributed by atoms with E-state index in [1.54, 1.807) is 0 Å². The van der Waals surface area contributed by atoms with Gasteiger partial charge in [0.05, 0.1) is 17.6 Å². The Balaban J connectivity index is 2.10. The molecule has 0 aromatic carbocycles. The third-order valence-corrected chi connectivity index (χ3v) is 4.83. The molecule has 1 aromatic heterocycles. The topological polar surface area (TPSA) is 51.1 Å². The monoisotopic (exact) mass is 352 g/mol. The second kappa shape index (κ2) is 7.42. The van der Waals surface area contributed by atoms with E-state index in [2.05, 4.69) is 5.32 Å². The van der Waals surface area contributed by atoms with Gasteiger partial charge < -0.3 is 9.88 Å². The normalized spacial score (nSPS) is 25.0. The van der Waals surface area contributed by atoms with E-state index in [4.69, 9.17) is 23.2 Å². The molecule has 3 atom stereocenters. The summed E-state index contributed by atoms with van der Waals surface area (Å²) >= 11 is 12.1. The Labute approximate surface area is 136 Å². The fourth-order valence-electron chi connectivity index (χ4n) is 2.49. The molecule has 1 amide bonds. The number of aromatic nitrogens is 1. The third kappa shape index (κ3) is 3.98. The Hall–Kier alpha value is -1.14. The van der Waals surface area contributed by atoms with Gasteiger partial charge in [0.2, 0.25) is 5.91 Å². The summed E-state index contributed by atoms with van der Waals surface area (Å²) in [6.45, 7) is -1.06. The average Bonchev–Trinajstić information content (AvgIpc) is 2.47. The molecular formula is C14H16Cl2F2N2O2. The van der Waals surface area contributed by atoms with Crippen molar-refractivity contribution in [2.75, 3.05) is 12.0 Å².